The lowest BCUT2D eigenvalue weighted by Gasteiger charge is -2.18. The van der Waals surface area contributed by atoms with Crippen LogP contribution in [-0.4, -0.2) is 11.1 Å². The quantitative estimate of drug-likeness (QED) is 0.705. The molecule has 1 aromatic heterocycles. The fourth-order valence-electron chi connectivity index (χ4n) is 2.60. The number of hydrogen-bond donors (Lipinski definition) is 2. The molecule has 6 heteroatoms. The van der Waals surface area contributed by atoms with Gasteiger partial charge in [0.05, 0.1) is 0 Å². The minimum Gasteiger partial charge on any atom is -0.360 e. The number of aromatic nitrogens is 1. The van der Waals surface area contributed by atoms with Crippen LogP contribution in [0, 0.1) is 19.7 Å². The Hall–Kier alpha value is -2.99. The van der Waals surface area contributed by atoms with E-state index in [1.54, 1.807) is 26.0 Å². The van der Waals surface area contributed by atoms with Gasteiger partial charge in [-0.15, -0.1) is 0 Å². The molecule has 1 heterocycles. The smallest absolute Gasteiger partial charge is 0.247 e. The molecule has 1 amide bonds. The molecule has 26 heavy (non-hydrogen) atoms. The van der Waals surface area contributed by atoms with Crippen molar-refractivity contribution in [3.63, 3.8) is 0 Å². The number of hydrogen-bond acceptors (Lipinski definition) is 4. The molecule has 1 atom stereocenters. The van der Waals surface area contributed by atoms with Gasteiger partial charge in [0.2, 0.25) is 5.91 Å². The SMILES string of the molecule is Cc1cc(NC(=O)[C@@H](NCc2ccc(C)c(F)c2)c2ccccc2)no1. The van der Waals surface area contributed by atoms with Crippen LogP contribution >= 0.6 is 0 Å². The van der Waals surface area contributed by atoms with E-state index in [0.717, 1.165) is 11.1 Å². The first kappa shape index (κ1) is 17.8. The summed E-state index contributed by atoms with van der Waals surface area (Å²) in [6.45, 7) is 3.82. The Bertz CT molecular complexity index is 893. The summed E-state index contributed by atoms with van der Waals surface area (Å²) in [7, 11) is 0. The van der Waals surface area contributed by atoms with Gasteiger partial charge in [0, 0.05) is 12.6 Å². The van der Waals surface area contributed by atoms with Crippen molar-refractivity contribution in [1.82, 2.24) is 10.5 Å². The van der Waals surface area contributed by atoms with Crippen LogP contribution in [0.5, 0.6) is 0 Å². The number of nitrogens with one attached hydrogen (secondary N) is 2. The zero-order valence-corrected chi connectivity index (χ0v) is 14.6. The second-order valence-electron chi connectivity index (χ2n) is 6.12. The van der Waals surface area contributed by atoms with E-state index < -0.39 is 6.04 Å². The largest absolute Gasteiger partial charge is 0.360 e. The van der Waals surface area contributed by atoms with Gasteiger partial charge >= 0.3 is 0 Å². The predicted molar refractivity (Wildman–Crippen MR) is 97.0 cm³/mol. The highest BCUT2D eigenvalue weighted by atomic mass is 19.1. The van der Waals surface area contributed by atoms with Crippen molar-refractivity contribution in [2.75, 3.05) is 5.32 Å². The van der Waals surface area contributed by atoms with Crippen molar-refractivity contribution in [3.8, 4) is 0 Å². The summed E-state index contributed by atoms with van der Waals surface area (Å²) < 4.78 is 18.7. The van der Waals surface area contributed by atoms with Crippen LogP contribution in [-0.2, 0) is 11.3 Å². The molecular weight excluding hydrogens is 333 g/mol. The van der Waals surface area contributed by atoms with Gasteiger partial charge in [-0.05, 0) is 36.6 Å². The van der Waals surface area contributed by atoms with Gasteiger partial charge in [0.1, 0.15) is 17.6 Å². The van der Waals surface area contributed by atoms with E-state index in [9.17, 15) is 9.18 Å². The van der Waals surface area contributed by atoms with Crippen molar-refractivity contribution in [1.29, 1.82) is 0 Å². The van der Waals surface area contributed by atoms with Crippen LogP contribution in [0.4, 0.5) is 10.2 Å². The van der Waals surface area contributed by atoms with Crippen LogP contribution < -0.4 is 10.6 Å². The monoisotopic (exact) mass is 353 g/mol. The molecule has 3 aromatic rings. The second kappa shape index (κ2) is 7.93. The number of carbonyl (C=O) groups excluding carboxylic acids is 1. The first-order chi connectivity index (χ1) is 12.5. The fourth-order valence-corrected chi connectivity index (χ4v) is 2.60. The van der Waals surface area contributed by atoms with E-state index in [-0.39, 0.29) is 11.7 Å². The molecule has 0 fully saturated rings. The predicted octanol–water partition coefficient (Wildman–Crippen LogP) is 3.90. The van der Waals surface area contributed by atoms with E-state index in [4.69, 9.17) is 4.52 Å². The highest BCUT2D eigenvalue weighted by Gasteiger charge is 2.21. The average molecular weight is 353 g/mol. The van der Waals surface area contributed by atoms with Crippen LogP contribution in [0.1, 0.15) is 28.5 Å². The molecule has 0 aliphatic rings. The summed E-state index contributed by atoms with van der Waals surface area (Å²) >= 11 is 0. The first-order valence-corrected chi connectivity index (χ1v) is 8.30. The summed E-state index contributed by atoms with van der Waals surface area (Å²) in [5, 5.41) is 9.71. The Balaban J connectivity index is 1.76. The van der Waals surface area contributed by atoms with Crippen molar-refractivity contribution in [2.24, 2.45) is 0 Å². The molecule has 0 spiro atoms. The van der Waals surface area contributed by atoms with Crippen molar-refractivity contribution in [3.05, 3.63) is 82.9 Å². The molecule has 0 aliphatic carbocycles. The lowest BCUT2D eigenvalue weighted by atomic mass is 10.1. The van der Waals surface area contributed by atoms with Gasteiger partial charge in [-0.25, -0.2) is 4.39 Å². The van der Waals surface area contributed by atoms with Gasteiger partial charge in [-0.1, -0.05) is 47.6 Å². The van der Waals surface area contributed by atoms with Crippen LogP contribution in [0.15, 0.2) is 59.1 Å². The second-order valence-corrected chi connectivity index (χ2v) is 6.12. The third-order valence-electron chi connectivity index (χ3n) is 4.02. The molecule has 0 unspecified atom stereocenters. The van der Waals surface area contributed by atoms with Gasteiger partial charge < -0.3 is 9.84 Å². The average Bonchev–Trinajstić information content (AvgIpc) is 3.04. The summed E-state index contributed by atoms with van der Waals surface area (Å²) in [6.07, 6.45) is 0. The lowest BCUT2D eigenvalue weighted by Crippen LogP contribution is -2.32. The third-order valence-corrected chi connectivity index (χ3v) is 4.02. The highest BCUT2D eigenvalue weighted by Crippen LogP contribution is 2.18. The zero-order chi connectivity index (χ0) is 18.5. The molecule has 2 aromatic carbocycles. The first-order valence-electron chi connectivity index (χ1n) is 8.30. The highest BCUT2D eigenvalue weighted by molar-refractivity contribution is 5.94. The number of anilines is 1. The third kappa shape index (κ3) is 4.34. The molecule has 3 rings (SSSR count). The Morgan fingerprint density at radius 1 is 1.15 bits per heavy atom. The normalized spacial score (nSPS) is 12.0. The Morgan fingerprint density at radius 3 is 2.58 bits per heavy atom. The van der Waals surface area contributed by atoms with E-state index >= 15 is 0 Å². The van der Waals surface area contributed by atoms with E-state index in [2.05, 4.69) is 15.8 Å². The Kier molecular flexibility index (Phi) is 5.43. The minimum absolute atomic E-state index is 0.261. The Labute approximate surface area is 151 Å². The van der Waals surface area contributed by atoms with Gasteiger partial charge in [-0.3, -0.25) is 10.1 Å². The van der Waals surface area contributed by atoms with Crippen LogP contribution in [0.3, 0.4) is 0 Å². The number of rotatable bonds is 6. The number of halogens is 1. The molecule has 0 saturated carbocycles. The molecule has 0 bridgehead atoms. The minimum atomic E-state index is -0.613. The molecule has 134 valence electrons. The van der Waals surface area contributed by atoms with E-state index in [0.29, 0.717) is 23.7 Å². The summed E-state index contributed by atoms with van der Waals surface area (Å²) in [5.41, 5.74) is 2.16. The molecular formula is C20H20FN3O2. The van der Waals surface area contributed by atoms with Gasteiger partial charge in [0.15, 0.2) is 5.82 Å². The van der Waals surface area contributed by atoms with Crippen molar-refractivity contribution in [2.45, 2.75) is 26.4 Å². The fraction of sp³-hybridized carbons (Fsp3) is 0.200. The van der Waals surface area contributed by atoms with Gasteiger partial charge in [-0.2, -0.15) is 0 Å². The van der Waals surface area contributed by atoms with E-state index in [1.807, 2.05) is 36.4 Å². The number of benzene rings is 2. The maximum atomic E-state index is 13.7. The maximum absolute atomic E-state index is 13.7. The molecule has 2 N–H and O–H groups in total. The van der Waals surface area contributed by atoms with Crippen molar-refractivity contribution < 1.29 is 13.7 Å². The molecule has 0 saturated heterocycles. The Morgan fingerprint density at radius 2 is 1.92 bits per heavy atom. The number of amides is 1. The number of nitrogens with zero attached hydrogens (tertiary/aromatic N) is 1. The van der Waals surface area contributed by atoms with Crippen LogP contribution in [0.2, 0.25) is 0 Å². The molecule has 5 nitrogen and oxygen atoms in total. The number of carbonyl (C=O) groups is 1. The van der Waals surface area contributed by atoms with E-state index in [1.165, 1.54) is 6.07 Å². The topological polar surface area (TPSA) is 67.2 Å². The van der Waals surface area contributed by atoms with Crippen molar-refractivity contribution >= 4 is 11.7 Å². The van der Waals surface area contributed by atoms with Crippen LogP contribution in [0.25, 0.3) is 0 Å². The zero-order valence-electron chi connectivity index (χ0n) is 14.6. The summed E-state index contributed by atoms with van der Waals surface area (Å²) in [4.78, 5) is 12.7. The summed E-state index contributed by atoms with van der Waals surface area (Å²) in [6, 6.07) is 15.4. The lowest BCUT2D eigenvalue weighted by molar-refractivity contribution is -0.118. The molecule has 0 radical (unpaired) electrons. The molecule has 0 aliphatic heterocycles. The summed E-state index contributed by atoms with van der Waals surface area (Å²) in [5.74, 6) is 0.441. The maximum Gasteiger partial charge on any atom is 0.247 e. The standard InChI is InChI=1S/C20H20FN3O2/c1-13-8-9-15(11-17(13)21)12-22-19(16-6-4-3-5-7-16)20(25)23-18-10-14(2)26-24-18/h3-11,19,22H,12H2,1-2H3,(H,23,24,25)/t19-/m0/s1. The number of aryl methyl sites for hydroxylation is 2. The van der Waals surface area contributed by atoms with Gasteiger partial charge in [0.25, 0.3) is 0 Å².